The maximum absolute atomic E-state index is 5.83. The molecule has 0 radical (unpaired) electrons. The highest BCUT2D eigenvalue weighted by Gasteiger charge is 2.18. The van der Waals surface area contributed by atoms with Crippen LogP contribution in [0.2, 0.25) is 0 Å². The van der Waals surface area contributed by atoms with Gasteiger partial charge in [-0.3, -0.25) is 0 Å². The summed E-state index contributed by atoms with van der Waals surface area (Å²) in [7, 11) is 0. The number of ether oxygens (including phenoxy) is 2. The minimum atomic E-state index is 0.158. The molecule has 0 amide bonds. The predicted octanol–water partition coefficient (Wildman–Crippen LogP) is 2.06. The van der Waals surface area contributed by atoms with Gasteiger partial charge in [0, 0.05) is 12.6 Å². The molecule has 2 rings (SSSR count). The molecule has 1 aromatic rings. The van der Waals surface area contributed by atoms with Crippen molar-refractivity contribution in [3.05, 3.63) is 29.3 Å². The van der Waals surface area contributed by atoms with E-state index in [0.29, 0.717) is 12.6 Å². The van der Waals surface area contributed by atoms with E-state index in [0.717, 1.165) is 18.9 Å². The van der Waals surface area contributed by atoms with E-state index in [1.54, 1.807) is 0 Å². The minimum absolute atomic E-state index is 0.158. The molecule has 1 aromatic carbocycles. The number of nitrogens with one attached hydrogen (secondary N) is 1. The summed E-state index contributed by atoms with van der Waals surface area (Å²) in [5, 5.41) is 3.39. The Bertz CT molecular complexity index is 370. The van der Waals surface area contributed by atoms with Crippen LogP contribution in [0.4, 0.5) is 0 Å². The highest BCUT2D eigenvalue weighted by atomic mass is 16.5. The lowest BCUT2D eigenvalue weighted by Gasteiger charge is -2.28. The number of hydrogen-bond acceptors (Lipinski definition) is 3. The Morgan fingerprint density at radius 2 is 2.24 bits per heavy atom. The van der Waals surface area contributed by atoms with E-state index in [1.165, 1.54) is 11.1 Å². The summed E-state index contributed by atoms with van der Waals surface area (Å²) in [5.41, 5.74) is 2.40. The fourth-order valence-electron chi connectivity index (χ4n) is 1.88. The van der Waals surface area contributed by atoms with Gasteiger partial charge in [-0.2, -0.15) is 0 Å². The van der Waals surface area contributed by atoms with E-state index >= 15 is 0 Å². The largest absolute Gasteiger partial charge is 0.491 e. The third-order valence-electron chi connectivity index (χ3n) is 3.04. The van der Waals surface area contributed by atoms with Crippen LogP contribution in [0, 0.1) is 13.8 Å². The first-order valence-electron chi connectivity index (χ1n) is 6.20. The summed E-state index contributed by atoms with van der Waals surface area (Å²) < 4.78 is 11.5. The molecule has 17 heavy (non-hydrogen) atoms. The predicted molar refractivity (Wildman–Crippen MR) is 68.6 cm³/mol. The molecular formula is C14H21NO2. The van der Waals surface area contributed by atoms with Crippen molar-refractivity contribution in [3.8, 4) is 5.75 Å². The Labute approximate surface area is 103 Å². The lowest BCUT2D eigenvalue weighted by molar-refractivity contribution is -0.0166. The van der Waals surface area contributed by atoms with Gasteiger partial charge < -0.3 is 14.8 Å². The molecule has 0 saturated carbocycles. The quantitative estimate of drug-likeness (QED) is 0.870. The normalized spacial score (nSPS) is 24.6. The average Bonchev–Trinajstić information content (AvgIpc) is 2.32. The second-order valence-corrected chi connectivity index (χ2v) is 4.84. The number of hydrogen-bond donors (Lipinski definition) is 1. The Morgan fingerprint density at radius 3 is 2.94 bits per heavy atom. The van der Waals surface area contributed by atoms with Gasteiger partial charge >= 0.3 is 0 Å². The summed E-state index contributed by atoms with van der Waals surface area (Å²) in [6.07, 6.45) is 0.158. The highest BCUT2D eigenvalue weighted by molar-refractivity contribution is 5.35. The fraction of sp³-hybridized carbons (Fsp3) is 0.571. The first-order valence-corrected chi connectivity index (χ1v) is 6.20. The van der Waals surface area contributed by atoms with Gasteiger partial charge in [-0.05, 0) is 38.0 Å². The van der Waals surface area contributed by atoms with Gasteiger partial charge in [-0.1, -0.05) is 12.1 Å². The van der Waals surface area contributed by atoms with Gasteiger partial charge in [0.2, 0.25) is 0 Å². The molecule has 1 saturated heterocycles. The monoisotopic (exact) mass is 235 g/mol. The van der Waals surface area contributed by atoms with Crippen molar-refractivity contribution in [2.45, 2.75) is 32.9 Å². The fourth-order valence-corrected chi connectivity index (χ4v) is 1.88. The van der Waals surface area contributed by atoms with E-state index < -0.39 is 0 Å². The maximum atomic E-state index is 5.83. The van der Waals surface area contributed by atoms with Gasteiger partial charge in [0.25, 0.3) is 0 Å². The number of benzene rings is 1. The molecule has 3 nitrogen and oxygen atoms in total. The summed E-state index contributed by atoms with van der Waals surface area (Å²) in [6, 6.07) is 6.72. The van der Waals surface area contributed by atoms with Crippen LogP contribution in [0.25, 0.3) is 0 Å². The van der Waals surface area contributed by atoms with E-state index in [-0.39, 0.29) is 6.10 Å². The van der Waals surface area contributed by atoms with Gasteiger partial charge in [-0.25, -0.2) is 0 Å². The van der Waals surface area contributed by atoms with Crippen molar-refractivity contribution < 1.29 is 9.47 Å². The van der Waals surface area contributed by atoms with Crippen LogP contribution >= 0.6 is 0 Å². The molecule has 0 bridgehead atoms. The molecule has 1 fully saturated rings. The number of morpholine rings is 1. The molecule has 1 aliphatic heterocycles. The lowest BCUT2D eigenvalue weighted by atomic mass is 10.1. The van der Waals surface area contributed by atoms with Crippen LogP contribution in [0.1, 0.15) is 18.1 Å². The number of rotatable bonds is 3. The Kier molecular flexibility index (Phi) is 4.02. The van der Waals surface area contributed by atoms with Crippen LogP contribution in [-0.2, 0) is 4.74 Å². The first kappa shape index (κ1) is 12.4. The lowest BCUT2D eigenvalue weighted by Crippen LogP contribution is -2.46. The van der Waals surface area contributed by atoms with Crippen LogP contribution in [-0.4, -0.2) is 31.9 Å². The second kappa shape index (κ2) is 5.52. The van der Waals surface area contributed by atoms with E-state index in [2.05, 4.69) is 44.3 Å². The van der Waals surface area contributed by atoms with Crippen molar-refractivity contribution in [1.29, 1.82) is 0 Å². The third-order valence-corrected chi connectivity index (χ3v) is 3.04. The van der Waals surface area contributed by atoms with E-state index in [9.17, 15) is 0 Å². The summed E-state index contributed by atoms with van der Waals surface area (Å²) in [4.78, 5) is 0. The van der Waals surface area contributed by atoms with Crippen LogP contribution in [0.15, 0.2) is 18.2 Å². The minimum Gasteiger partial charge on any atom is -0.491 e. The van der Waals surface area contributed by atoms with Crippen molar-refractivity contribution >= 4 is 0 Å². The molecule has 1 aliphatic rings. The molecule has 3 heteroatoms. The maximum Gasteiger partial charge on any atom is 0.122 e. The highest BCUT2D eigenvalue weighted by Crippen LogP contribution is 2.19. The summed E-state index contributed by atoms with van der Waals surface area (Å²) in [5.74, 6) is 0.965. The summed E-state index contributed by atoms with van der Waals surface area (Å²) in [6.45, 7) is 8.52. The zero-order valence-corrected chi connectivity index (χ0v) is 10.8. The topological polar surface area (TPSA) is 30.5 Å². The van der Waals surface area contributed by atoms with Crippen molar-refractivity contribution in [2.75, 3.05) is 19.8 Å². The standard InChI is InChI=1S/C14H21NO2/c1-10-4-5-11(2)14(6-10)17-9-13-7-15-12(3)8-16-13/h4-6,12-13,15H,7-9H2,1-3H3. The zero-order chi connectivity index (χ0) is 12.3. The molecular weight excluding hydrogens is 214 g/mol. The molecule has 1 N–H and O–H groups in total. The van der Waals surface area contributed by atoms with Crippen LogP contribution < -0.4 is 10.1 Å². The van der Waals surface area contributed by atoms with Crippen molar-refractivity contribution in [1.82, 2.24) is 5.32 Å². The molecule has 0 spiro atoms. The second-order valence-electron chi connectivity index (χ2n) is 4.84. The summed E-state index contributed by atoms with van der Waals surface area (Å²) >= 11 is 0. The Hall–Kier alpha value is -1.06. The molecule has 1 heterocycles. The SMILES string of the molecule is Cc1ccc(C)c(OCC2CNC(C)CO2)c1. The van der Waals surface area contributed by atoms with E-state index in [4.69, 9.17) is 9.47 Å². The smallest absolute Gasteiger partial charge is 0.122 e. The van der Waals surface area contributed by atoms with Gasteiger partial charge in [-0.15, -0.1) is 0 Å². The molecule has 94 valence electrons. The molecule has 2 atom stereocenters. The van der Waals surface area contributed by atoms with Crippen LogP contribution in [0.3, 0.4) is 0 Å². The van der Waals surface area contributed by atoms with Gasteiger partial charge in [0.15, 0.2) is 0 Å². The molecule has 2 unspecified atom stereocenters. The van der Waals surface area contributed by atoms with E-state index in [1.807, 2.05) is 0 Å². The zero-order valence-electron chi connectivity index (χ0n) is 10.8. The molecule has 0 aromatic heterocycles. The Balaban J connectivity index is 1.87. The molecule has 0 aliphatic carbocycles. The first-order chi connectivity index (χ1) is 8.15. The third kappa shape index (κ3) is 3.45. The van der Waals surface area contributed by atoms with Crippen molar-refractivity contribution in [3.63, 3.8) is 0 Å². The van der Waals surface area contributed by atoms with Gasteiger partial charge in [0.05, 0.1) is 6.61 Å². The number of aryl methyl sites for hydroxylation is 2. The van der Waals surface area contributed by atoms with Gasteiger partial charge in [0.1, 0.15) is 18.5 Å². The van der Waals surface area contributed by atoms with Crippen LogP contribution in [0.5, 0.6) is 5.75 Å². The average molecular weight is 235 g/mol. The Morgan fingerprint density at radius 1 is 1.41 bits per heavy atom. The van der Waals surface area contributed by atoms with Crippen molar-refractivity contribution in [2.24, 2.45) is 0 Å².